The number of ether oxygens (including phenoxy) is 1. The first-order chi connectivity index (χ1) is 9.17. The van der Waals surface area contributed by atoms with E-state index in [0.29, 0.717) is 23.1 Å². The van der Waals surface area contributed by atoms with E-state index in [1.54, 1.807) is 11.7 Å². The van der Waals surface area contributed by atoms with Crippen LogP contribution >= 0.6 is 15.9 Å². The summed E-state index contributed by atoms with van der Waals surface area (Å²) in [6, 6.07) is 5.29. The van der Waals surface area contributed by atoms with Gasteiger partial charge < -0.3 is 9.30 Å². The maximum Gasteiger partial charge on any atom is 0.252 e. The van der Waals surface area contributed by atoms with Crippen LogP contribution in [0.4, 0.5) is 0 Å². The molecule has 1 aromatic heterocycles. The van der Waals surface area contributed by atoms with Crippen molar-refractivity contribution in [1.29, 1.82) is 0 Å². The summed E-state index contributed by atoms with van der Waals surface area (Å²) in [5, 5.41) is 0.751. The van der Waals surface area contributed by atoms with Crippen LogP contribution in [0, 0.1) is 0 Å². The molecule has 1 saturated carbocycles. The lowest BCUT2D eigenvalue weighted by atomic mass is 10.1. The third-order valence-electron chi connectivity index (χ3n) is 3.39. The second-order valence-electron chi connectivity index (χ2n) is 4.63. The smallest absolute Gasteiger partial charge is 0.252 e. The van der Waals surface area contributed by atoms with Crippen LogP contribution in [0.2, 0.25) is 0 Å². The number of hydrogen-bond donors (Lipinski definition) is 0. The van der Waals surface area contributed by atoms with Crippen molar-refractivity contribution in [3.8, 4) is 5.75 Å². The maximum absolute atomic E-state index is 12.2. The summed E-state index contributed by atoms with van der Waals surface area (Å²) >= 11 is 3.42. The SMILES string of the molecule is COc1c(Br)ccc2c(C=O)cc(=O)n(C3CC3)c12. The summed E-state index contributed by atoms with van der Waals surface area (Å²) in [7, 11) is 1.56. The summed E-state index contributed by atoms with van der Waals surface area (Å²) in [6.45, 7) is 0. The first kappa shape index (κ1) is 12.4. The number of fused-ring (bicyclic) bond motifs is 1. The van der Waals surface area contributed by atoms with Gasteiger partial charge in [0.2, 0.25) is 0 Å². The van der Waals surface area contributed by atoms with Crippen LogP contribution in [-0.2, 0) is 0 Å². The summed E-state index contributed by atoms with van der Waals surface area (Å²) in [6.07, 6.45) is 2.70. The topological polar surface area (TPSA) is 48.3 Å². The van der Waals surface area contributed by atoms with Crippen molar-refractivity contribution in [3.05, 3.63) is 38.6 Å². The summed E-state index contributed by atoms with van der Waals surface area (Å²) in [5.74, 6) is 0.602. The van der Waals surface area contributed by atoms with Gasteiger partial charge in [0.25, 0.3) is 5.56 Å². The van der Waals surface area contributed by atoms with E-state index in [1.807, 2.05) is 12.1 Å². The van der Waals surface area contributed by atoms with Gasteiger partial charge in [0, 0.05) is 23.1 Å². The fraction of sp³-hybridized carbons (Fsp3) is 0.286. The standard InChI is InChI=1S/C14H12BrNO3/c1-19-14-11(15)5-4-10-8(7-17)6-12(18)16(13(10)14)9-2-3-9/h4-7,9H,2-3H2,1H3. The van der Waals surface area contributed by atoms with Gasteiger partial charge in [0.05, 0.1) is 17.1 Å². The minimum atomic E-state index is -0.145. The number of aromatic nitrogens is 1. The Bertz CT molecular complexity index is 732. The molecule has 0 N–H and O–H groups in total. The highest BCUT2D eigenvalue weighted by atomic mass is 79.9. The van der Waals surface area contributed by atoms with Gasteiger partial charge in [0.1, 0.15) is 0 Å². The third-order valence-corrected chi connectivity index (χ3v) is 4.02. The van der Waals surface area contributed by atoms with Gasteiger partial charge in [-0.25, -0.2) is 0 Å². The molecule has 0 saturated heterocycles. The molecular formula is C14H12BrNO3. The maximum atomic E-state index is 12.2. The zero-order chi connectivity index (χ0) is 13.6. The fourth-order valence-corrected chi connectivity index (χ4v) is 2.88. The van der Waals surface area contributed by atoms with Crippen LogP contribution in [-0.4, -0.2) is 18.0 Å². The second-order valence-corrected chi connectivity index (χ2v) is 5.49. The van der Waals surface area contributed by atoms with Gasteiger partial charge in [-0.3, -0.25) is 9.59 Å². The Labute approximate surface area is 118 Å². The number of benzene rings is 1. The van der Waals surface area contributed by atoms with E-state index in [0.717, 1.165) is 22.7 Å². The Morgan fingerprint density at radius 2 is 2.16 bits per heavy atom. The number of pyridine rings is 1. The predicted molar refractivity (Wildman–Crippen MR) is 76.1 cm³/mol. The number of aldehydes is 1. The molecular weight excluding hydrogens is 310 g/mol. The molecule has 0 unspecified atom stereocenters. The average molecular weight is 322 g/mol. The number of hydrogen-bond acceptors (Lipinski definition) is 3. The zero-order valence-corrected chi connectivity index (χ0v) is 11.9. The van der Waals surface area contributed by atoms with Crippen molar-refractivity contribution in [1.82, 2.24) is 4.57 Å². The largest absolute Gasteiger partial charge is 0.493 e. The van der Waals surface area contributed by atoms with E-state index in [2.05, 4.69) is 15.9 Å². The van der Waals surface area contributed by atoms with Gasteiger partial charge in [-0.1, -0.05) is 6.07 Å². The van der Waals surface area contributed by atoms with E-state index in [4.69, 9.17) is 4.74 Å². The molecule has 1 aromatic carbocycles. The van der Waals surface area contributed by atoms with Crippen molar-refractivity contribution >= 4 is 33.1 Å². The number of carbonyl (C=O) groups is 1. The lowest BCUT2D eigenvalue weighted by molar-refractivity contribution is 0.112. The molecule has 0 amide bonds. The Morgan fingerprint density at radius 3 is 2.74 bits per heavy atom. The molecule has 2 aromatic rings. The molecule has 5 heteroatoms. The first-order valence-electron chi connectivity index (χ1n) is 6.04. The molecule has 1 fully saturated rings. The monoisotopic (exact) mass is 321 g/mol. The Kier molecular flexibility index (Phi) is 2.93. The highest BCUT2D eigenvalue weighted by molar-refractivity contribution is 9.10. The van der Waals surface area contributed by atoms with E-state index in [1.165, 1.54) is 6.07 Å². The number of methoxy groups -OCH3 is 1. The van der Waals surface area contributed by atoms with Crippen molar-refractivity contribution in [2.24, 2.45) is 0 Å². The Hall–Kier alpha value is -1.62. The Morgan fingerprint density at radius 1 is 1.42 bits per heavy atom. The normalized spacial score (nSPS) is 14.6. The number of nitrogens with zero attached hydrogens (tertiary/aromatic N) is 1. The van der Waals surface area contributed by atoms with Crippen molar-refractivity contribution < 1.29 is 9.53 Å². The van der Waals surface area contributed by atoms with Crippen molar-refractivity contribution in [2.45, 2.75) is 18.9 Å². The number of rotatable bonds is 3. The Balaban J connectivity index is 2.52. The molecule has 98 valence electrons. The van der Waals surface area contributed by atoms with E-state index in [9.17, 15) is 9.59 Å². The van der Waals surface area contributed by atoms with Crippen molar-refractivity contribution in [3.63, 3.8) is 0 Å². The first-order valence-corrected chi connectivity index (χ1v) is 6.83. The lowest BCUT2D eigenvalue weighted by Crippen LogP contribution is -2.20. The highest BCUT2D eigenvalue weighted by Gasteiger charge is 2.28. The molecule has 0 spiro atoms. The van der Waals surface area contributed by atoms with Crippen LogP contribution in [0.5, 0.6) is 5.75 Å². The highest BCUT2D eigenvalue weighted by Crippen LogP contribution is 2.41. The van der Waals surface area contributed by atoms with Crippen LogP contribution in [0.25, 0.3) is 10.9 Å². The summed E-state index contributed by atoms with van der Waals surface area (Å²) < 4.78 is 7.93. The molecule has 1 aliphatic rings. The van der Waals surface area contributed by atoms with Gasteiger partial charge >= 0.3 is 0 Å². The minimum Gasteiger partial charge on any atom is -0.493 e. The van der Waals surface area contributed by atoms with Gasteiger partial charge in [-0.05, 0) is 34.8 Å². The van der Waals surface area contributed by atoms with E-state index < -0.39 is 0 Å². The molecule has 3 rings (SSSR count). The zero-order valence-electron chi connectivity index (χ0n) is 10.4. The van der Waals surface area contributed by atoms with Crippen LogP contribution in [0.1, 0.15) is 29.2 Å². The van der Waals surface area contributed by atoms with Gasteiger partial charge in [0.15, 0.2) is 12.0 Å². The lowest BCUT2D eigenvalue weighted by Gasteiger charge is -2.15. The summed E-state index contributed by atoms with van der Waals surface area (Å²) in [5.41, 5.74) is 0.963. The molecule has 1 aliphatic carbocycles. The summed E-state index contributed by atoms with van der Waals surface area (Å²) in [4.78, 5) is 23.4. The molecule has 0 aliphatic heterocycles. The van der Waals surface area contributed by atoms with E-state index >= 15 is 0 Å². The molecule has 0 atom stereocenters. The minimum absolute atomic E-state index is 0.145. The van der Waals surface area contributed by atoms with Crippen LogP contribution < -0.4 is 10.3 Å². The van der Waals surface area contributed by atoms with E-state index in [-0.39, 0.29) is 11.6 Å². The fourth-order valence-electron chi connectivity index (χ4n) is 2.40. The number of carbonyl (C=O) groups excluding carboxylic acids is 1. The average Bonchev–Trinajstić information content (AvgIpc) is 3.22. The van der Waals surface area contributed by atoms with Gasteiger partial charge in [-0.2, -0.15) is 0 Å². The molecule has 19 heavy (non-hydrogen) atoms. The molecule has 0 bridgehead atoms. The molecule has 0 radical (unpaired) electrons. The second kappa shape index (κ2) is 4.49. The molecule has 1 heterocycles. The van der Waals surface area contributed by atoms with Crippen molar-refractivity contribution in [2.75, 3.05) is 7.11 Å². The molecule has 4 nitrogen and oxygen atoms in total. The third kappa shape index (κ3) is 1.89. The van der Waals surface area contributed by atoms with Crippen LogP contribution in [0.3, 0.4) is 0 Å². The van der Waals surface area contributed by atoms with Crippen LogP contribution in [0.15, 0.2) is 27.5 Å². The predicted octanol–water partition coefficient (Wildman–Crippen LogP) is 2.92. The van der Waals surface area contributed by atoms with Gasteiger partial charge in [-0.15, -0.1) is 0 Å². The number of halogens is 1. The quantitative estimate of drug-likeness (QED) is 0.817.